The van der Waals surface area contributed by atoms with E-state index in [4.69, 9.17) is 5.11 Å². The first-order chi connectivity index (χ1) is 6.42. The Morgan fingerprint density at radius 3 is 2.57 bits per heavy atom. The second-order valence-corrected chi connectivity index (χ2v) is 5.48. The van der Waals surface area contributed by atoms with E-state index in [9.17, 15) is 4.79 Å². The molecular weight excluding hydrogens is 176 g/mol. The van der Waals surface area contributed by atoms with E-state index in [1.54, 1.807) is 0 Å². The molecule has 2 nitrogen and oxygen atoms in total. The second-order valence-electron chi connectivity index (χ2n) is 5.48. The molecular formula is C12H22O2. The summed E-state index contributed by atoms with van der Waals surface area (Å²) >= 11 is 0. The predicted molar refractivity (Wildman–Crippen MR) is 57.2 cm³/mol. The van der Waals surface area contributed by atoms with Gasteiger partial charge in [-0.05, 0) is 37.0 Å². The van der Waals surface area contributed by atoms with Crippen LogP contribution in [0.1, 0.15) is 52.9 Å². The fourth-order valence-corrected chi connectivity index (χ4v) is 2.39. The molecule has 1 saturated carbocycles. The van der Waals surface area contributed by atoms with Crippen molar-refractivity contribution >= 4 is 5.97 Å². The Bertz CT molecular complexity index is 208. The van der Waals surface area contributed by atoms with Gasteiger partial charge in [0, 0.05) is 0 Å². The Morgan fingerprint density at radius 2 is 2.00 bits per heavy atom. The molecule has 0 bridgehead atoms. The van der Waals surface area contributed by atoms with E-state index in [2.05, 4.69) is 13.8 Å². The summed E-state index contributed by atoms with van der Waals surface area (Å²) < 4.78 is 0. The smallest absolute Gasteiger partial charge is 0.306 e. The molecule has 1 aliphatic carbocycles. The summed E-state index contributed by atoms with van der Waals surface area (Å²) in [5.41, 5.74) is 0.424. The van der Waals surface area contributed by atoms with Crippen molar-refractivity contribution in [3.8, 4) is 0 Å². The molecule has 2 heteroatoms. The van der Waals surface area contributed by atoms with Gasteiger partial charge in [0.2, 0.25) is 0 Å². The molecule has 0 aromatic carbocycles. The average Bonchev–Trinajstić information content (AvgIpc) is 2.25. The van der Waals surface area contributed by atoms with E-state index < -0.39 is 5.97 Å². The molecule has 0 radical (unpaired) electrons. The molecule has 1 fully saturated rings. The standard InChI is InChI=1S/C12H22O2/c1-9(11(13)14)10-5-4-7-12(2,3)8-6-10/h9-10H,4-8H2,1-3H3,(H,13,14). The highest BCUT2D eigenvalue weighted by molar-refractivity contribution is 5.69. The molecule has 0 aliphatic heterocycles. The first kappa shape index (κ1) is 11.5. The highest BCUT2D eigenvalue weighted by Gasteiger charge is 2.29. The fourth-order valence-electron chi connectivity index (χ4n) is 2.39. The van der Waals surface area contributed by atoms with Gasteiger partial charge in [0.05, 0.1) is 5.92 Å². The van der Waals surface area contributed by atoms with E-state index >= 15 is 0 Å². The monoisotopic (exact) mass is 198 g/mol. The van der Waals surface area contributed by atoms with Crippen LogP contribution in [-0.4, -0.2) is 11.1 Å². The maximum absolute atomic E-state index is 10.9. The van der Waals surface area contributed by atoms with Gasteiger partial charge in [0.15, 0.2) is 0 Å². The topological polar surface area (TPSA) is 37.3 Å². The molecule has 0 heterocycles. The molecule has 0 aromatic heterocycles. The highest BCUT2D eigenvalue weighted by Crippen LogP contribution is 2.38. The van der Waals surface area contributed by atoms with Crippen LogP contribution in [0, 0.1) is 17.3 Å². The van der Waals surface area contributed by atoms with E-state index in [0.29, 0.717) is 11.3 Å². The van der Waals surface area contributed by atoms with E-state index in [0.717, 1.165) is 12.8 Å². The maximum atomic E-state index is 10.9. The summed E-state index contributed by atoms with van der Waals surface area (Å²) in [4.78, 5) is 10.9. The van der Waals surface area contributed by atoms with Gasteiger partial charge in [-0.25, -0.2) is 0 Å². The SMILES string of the molecule is CC(C(=O)O)C1CCCC(C)(C)CC1. The van der Waals surface area contributed by atoms with Gasteiger partial charge in [-0.2, -0.15) is 0 Å². The van der Waals surface area contributed by atoms with Gasteiger partial charge in [0.25, 0.3) is 0 Å². The zero-order valence-electron chi connectivity index (χ0n) is 9.55. The van der Waals surface area contributed by atoms with Crippen LogP contribution in [0.5, 0.6) is 0 Å². The van der Waals surface area contributed by atoms with Gasteiger partial charge in [-0.15, -0.1) is 0 Å². The Morgan fingerprint density at radius 1 is 1.36 bits per heavy atom. The Kier molecular flexibility index (Phi) is 3.57. The molecule has 1 aliphatic rings. The molecule has 14 heavy (non-hydrogen) atoms. The largest absolute Gasteiger partial charge is 0.481 e. The summed E-state index contributed by atoms with van der Waals surface area (Å²) in [6.45, 7) is 6.44. The molecule has 0 spiro atoms. The van der Waals surface area contributed by atoms with Crippen LogP contribution in [0.15, 0.2) is 0 Å². The van der Waals surface area contributed by atoms with Crippen molar-refractivity contribution in [3.05, 3.63) is 0 Å². The van der Waals surface area contributed by atoms with Crippen molar-refractivity contribution in [1.82, 2.24) is 0 Å². The normalized spacial score (nSPS) is 29.2. The molecule has 0 saturated heterocycles. The van der Waals surface area contributed by atoms with Crippen LogP contribution in [0.4, 0.5) is 0 Å². The third-order valence-electron chi connectivity index (χ3n) is 3.72. The van der Waals surface area contributed by atoms with Crippen molar-refractivity contribution in [1.29, 1.82) is 0 Å². The van der Waals surface area contributed by atoms with Gasteiger partial charge < -0.3 is 5.11 Å². The summed E-state index contributed by atoms with van der Waals surface area (Å²) in [5.74, 6) is -0.395. The minimum Gasteiger partial charge on any atom is -0.481 e. The molecule has 0 amide bonds. The number of carboxylic acid groups (broad SMARTS) is 1. The second kappa shape index (κ2) is 4.33. The zero-order chi connectivity index (χ0) is 10.8. The lowest BCUT2D eigenvalue weighted by Crippen LogP contribution is -2.20. The average molecular weight is 198 g/mol. The van der Waals surface area contributed by atoms with Crippen molar-refractivity contribution in [2.24, 2.45) is 17.3 Å². The Labute approximate surface area is 86.7 Å². The number of aliphatic carboxylic acids is 1. The number of carbonyl (C=O) groups is 1. The summed E-state index contributed by atoms with van der Waals surface area (Å²) in [6.07, 6.45) is 5.79. The number of rotatable bonds is 2. The van der Waals surface area contributed by atoms with E-state index in [1.807, 2.05) is 6.92 Å². The van der Waals surface area contributed by atoms with Crippen LogP contribution in [0.3, 0.4) is 0 Å². The lowest BCUT2D eigenvalue weighted by Gasteiger charge is -2.22. The van der Waals surface area contributed by atoms with Crippen LogP contribution in [0.2, 0.25) is 0 Å². The third-order valence-corrected chi connectivity index (χ3v) is 3.72. The lowest BCUT2D eigenvalue weighted by atomic mass is 9.83. The molecule has 2 atom stereocenters. The van der Waals surface area contributed by atoms with Gasteiger partial charge in [-0.1, -0.05) is 27.2 Å². The van der Waals surface area contributed by atoms with Gasteiger partial charge in [-0.3, -0.25) is 4.79 Å². The predicted octanol–water partition coefficient (Wildman–Crippen LogP) is 3.31. The van der Waals surface area contributed by atoms with Crippen molar-refractivity contribution in [2.45, 2.75) is 52.9 Å². The Balaban J connectivity index is 2.54. The van der Waals surface area contributed by atoms with Crippen LogP contribution < -0.4 is 0 Å². The van der Waals surface area contributed by atoms with Crippen LogP contribution >= 0.6 is 0 Å². The summed E-state index contributed by atoms with van der Waals surface area (Å²) in [5, 5.41) is 8.96. The maximum Gasteiger partial charge on any atom is 0.306 e. The quantitative estimate of drug-likeness (QED) is 0.691. The Hall–Kier alpha value is -0.530. The third kappa shape index (κ3) is 3.00. The van der Waals surface area contributed by atoms with Crippen LogP contribution in [-0.2, 0) is 4.79 Å². The first-order valence-corrected chi connectivity index (χ1v) is 5.65. The van der Waals surface area contributed by atoms with Crippen molar-refractivity contribution in [3.63, 3.8) is 0 Å². The van der Waals surface area contributed by atoms with E-state index in [1.165, 1.54) is 19.3 Å². The number of hydrogen-bond acceptors (Lipinski definition) is 1. The minimum absolute atomic E-state index is 0.163. The van der Waals surface area contributed by atoms with Gasteiger partial charge >= 0.3 is 5.97 Å². The van der Waals surface area contributed by atoms with Crippen LogP contribution in [0.25, 0.3) is 0 Å². The number of hydrogen-bond donors (Lipinski definition) is 1. The molecule has 0 aromatic rings. The zero-order valence-corrected chi connectivity index (χ0v) is 9.55. The summed E-state index contributed by atoms with van der Waals surface area (Å²) in [6, 6.07) is 0. The van der Waals surface area contributed by atoms with Crippen molar-refractivity contribution in [2.75, 3.05) is 0 Å². The highest BCUT2D eigenvalue weighted by atomic mass is 16.4. The minimum atomic E-state index is -0.630. The number of carboxylic acids is 1. The summed E-state index contributed by atoms with van der Waals surface area (Å²) in [7, 11) is 0. The molecule has 82 valence electrons. The molecule has 1 N–H and O–H groups in total. The van der Waals surface area contributed by atoms with E-state index in [-0.39, 0.29) is 5.92 Å². The molecule has 2 unspecified atom stereocenters. The lowest BCUT2D eigenvalue weighted by molar-refractivity contribution is -0.143. The molecule has 1 rings (SSSR count). The fraction of sp³-hybridized carbons (Fsp3) is 0.917. The van der Waals surface area contributed by atoms with Gasteiger partial charge in [0.1, 0.15) is 0 Å². The van der Waals surface area contributed by atoms with Crippen molar-refractivity contribution < 1.29 is 9.90 Å². The first-order valence-electron chi connectivity index (χ1n) is 5.65.